The van der Waals surface area contributed by atoms with E-state index in [1.807, 2.05) is 31.2 Å². The van der Waals surface area contributed by atoms with Crippen LogP contribution in [0.15, 0.2) is 64.3 Å². The van der Waals surface area contributed by atoms with Crippen molar-refractivity contribution in [2.24, 2.45) is 0 Å². The first-order valence-electron chi connectivity index (χ1n) is 7.29. The van der Waals surface area contributed by atoms with Gasteiger partial charge in [-0.2, -0.15) is 0 Å². The molecule has 1 aliphatic rings. The van der Waals surface area contributed by atoms with Gasteiger partial charge in [0.25, 0.3) is 0 Å². The Kier molecular flexibility index (Phi) is 5.04. The van der Waals surface area contributed by atoms with Crippen molar-refractivity contribution in [2.45, 2.75) is 13.0 Å². The van der Waals surface area contributed by atoms with Crippen LogP contribution in [-0.4, -0.2) is 10.9 Å². The maximum atomic E-state index is 13.0. The van der Waals surface area contributed by atoms with Crippen molar-refractivity contribution in [1.82, 2.24) is 10.6 Å². The monoisotopic (exact) mass is 420 g/mol. The van der Waals surface area contributed by atoms with E-state index in [4.69, 9.17) is 23.8 Å². The zero-order valence-electron chi connectivity index (χ0n) is 12.8. The summed E-state index contributed by atoms with van der Waals surface area (Å²) in [5, 5.41) is 7.35. The third-order valence-corrected chi connectivity index (χ3v) is 4.82. The van der Waals surface area contributed by atoms with Crippen LogP contribution >= 0.6 is 39.7 Å². The summed E-state index contributed by atoms with van der Waals surface area (Å²) in [6.07, 6.45) is 0. The molecule has 0 amide bonds. The molecule has 0 saturated heterocycles. The molecule has 2 aromatic rings. The third-order valence-electron chi connectivity index (χ3n) is 3.82. The molecule has 0 saturated carbocycles. The molecule has 0 aliphatic carbocycles. The van der Waals surface area contributed by atoms with Crippen LogP contribution in [0.1, 0.15) is 28.9 Å². The minimum atomic E-state index is -0.296. The molecule has 3 nitrogen and oxygen atoms in total. The van der Waals surface area contributed by atoms with Crippen molar-refractivity contribution < 1.29 is 4.79 Å². The Labute approximate surface area is 159 Å². The molecule has 1 heterocycles. The number of Topliss-reactive ketones (excluding diaryl/α,β-unsaturated/α-hetero) is 1. The quantitative estimate of drug-likeness (QED) is 0.553. The lowest BCUT2D eigenvalue weighted by Gasteiger charge is -2.30. The molecule has 122 valence electrons. The van der Waals surface area contributed by atoms with Gasteiger partial charge in [0.2, 0.25) is 0 Å². The predicted octanol–water partition coefficient (Wildman–Crippen LogP) is 4.78. The lowest BCUT2D eigenvalue weighted by atomic mass is 9.90. The third kappa shape index (κ3) is 3.53. The molecule has 6 heteroatoms. The molecule has 0 spiro atoms. The van der Waals surface area contributed by atoms with E-state index in [1.54, 1.807) is 24.3 Å². The zero-order valence-corrected chi connectivity index (χ0v) is 15.9. The van der Waals surface area contributed by atoms with E-state index in [-0.39, 0.29) is 11.8 Å². The second kappa shape index (κ2) is 7.05. The number of allylic oxidation sites excluding steroid dienone is 1. The van der Waals surface area contributed by atoms with Crippen molar-refractivity contribution in [3.05, 3.63) is 80.4 Å². The highest BCUT2D eigenvalue weighted by Gasteiger charge is 2.30. The number of carbonyl (C=O) groups excluding carboxylic acids is 1. The molecular weight excluding hydrogens is 408 g/mol. The van der Waals surface area contributed by atoms with Crippen molar-refractivity contribution in [2.75, 3.05) is 0 Å². The van der Waals surface area contributed by atoms with E-state index in [9.17, 15) is 4.79 Å². The highest BCUT2D eigenvalue weighted by atomic mass is 79.9. The molecule has 2 N–H and O–H groups in total. The van der Waals surface area contributed by atoms with E-state index >= 15 is 0 Å². The Balaban J connectivity index is 2.04. The average molecular weight is 422 g/mol. The van der Waals surface area contributed by atoms with Crippen LogP contribution < -0.4 is 10.6 Å². The van der Waals surface area contributed by atoms with Crippen molar-refractivity contribution in [3.63, 3.8) is 0 Å². The van der Waals surface area contributed by atoms with E-state index in [2.05, 4.69) is 26.6 Å². The summed E-state index contributed by atoms with van der Waals surface area (Å²) in [4.78, 5) is 13.0. The lowest BCUT2D eigenvalue weighted by molar-refractivity contribution is 0.102. The number of benzene rings is 2. The van der Waals surface area contributed by atoms with Gasteiger partial charge in [0, 0.05) is 26.3 Å². The fourth-order valence-corrected chi connectivity index (χ4v) is 3.32. The number of hydrogen-bond acceptors (Lipinski definition) is 2. The molecule has 0 aromatic heterocycles. The molecule has 24 heavy (non-hydrogen) atoms. The first kappa shape index (κ1) is 17.1. The Morgan fingerprint density at radius 3 is 2.38 bits per heavy atom. The number of halogens is 2. The number of carbonyl (C=O) groups is 1. The Bertz CT molecular complexity index is 831. The Morgan fingerprint density at radius 2 is 1.75 bits per heavy atom. The number of ketones is 1. The minimum absolute atomic E-state index is 0.0559. The summed E-state index contributed by atoms with van der Waals surface area (Å²) >= 11 is 14.6. The summed E-state index contributed by atoms with van der Waals surface area (Å²) in [5.74, 6) is -0.0559. The Hall–Kier alpha value is -1.69. The van der Waals surface area contributed by atoms with Crippen LogP contribution in [0.3, 0.4) is 0 Å². The molecule has 2 aromatic carbocycles. The van der Waals surface area contributed by atoms with Gasteiger partial charge in [-0.1, -0.05) is 39.7 Å². The van der Waals surface area contributed by atoms with Crippen LogP contribution in [0, 0.1) is 0 Å². The lowest BCUT2D eigenvalue weighted by Crippen LogP contribution is -2.44. The predicted molar refractivity (Wildman–Crippen MR) is 104 cm³/mol. The molecule has 3 rings (SSSR count). The van der Waals surface area contributed by atoms with Gasteiger partial charge < -0.3 is 10.6 Å². The molecule has 1 unspecified atom stereocenters. The van der Waals surface area contributed by atoms with Gasteiger partial charge in [-0.25, -0.2) is 0 Å². The van der Waals surface area contributed by atoms with Gasteiger partial charge >= 0.3 is 0 Å². The second-order valence-electron chi connectivity index (χ2n) is 5.46. The number of nitrogens with one attached hydrogen (secondary N) is 2. The summed E-state index contributed by atoms with van der Waals surface area (Å²) in [6, 6.07) is 14.4. The fraction of sp³-hybridized carbons (Fsp3) is 0.111. The Morgan fingerprint density at radius 1 is 1.12 bits per heavy atom. The first-order chi connectivity index (χ1) is 11.5. The fourth-order valence-electron chi connectivity index (χ4n) is 2.66. The molecule has 1 atom stereocenters. The van der Waals surface area contributed by atoms with E-state index in [0.29, 0.717) is 21.3 Å². The van der Waals surface area contributed by atoms with Crippen molar-refractivity contribution >= 4 is 50.6 Å². The smallest absolute Gasteiger partial charge is 0.193 e. The van der Waals surface area contributed by atoms with Crippen molar-refractivity contribution in [1.29, 1.82) is 0 Å². The standard InChI is InChI=1S/C18H14BrClN2OS/c1-10-15(17(23)12-4-8-14(20)9-5-12)16(22-18(24)21-10)11-2-6-13(19)7-3-11/h2-9,16H,1H3,(H2,21,22,24). The van der Waals surface area contributed by atoms with Gasteiger partial charge in [-0.3, -0.25) is 4.79 Å². The number of rotatable bonds is 3. The highest BCUT2D eigenvalue weighted by Crippen LogP contribution is 2.30. The van der Waals surface area contributed by atoms with Gasteiger partial charge in [-0.15, -0.1) is 0 Å². The average Bonchev–Trinajstić information content (AvgIpc) is 2.55. The summed E-state index contributed by atoms with van der Waals surface area (Å²) < 4.78 is 0.981. The molecule has 0 radical (unpaired) electrons. The summed E-state index contributed by atoms with van der Waals surface area (Å²) in [7, 11) is 0. The number of hydrogen-bond donors (Lipinski definition) is 2. The van der Waals surface area contributed by atoms with Gasteiger partial charge in [0.15, 0.2) is 10.9 Å². The minimum Gasteiger partial charge on any atom is -0.351 e. The zero-order chi connectivity index (χ0) is 17.3. The van der Waals surface area contributed by atoms with Gasteiger partial charge in [-0.05, 0) is 61.1 Å². The van der Waals surface area contributed by atoms with Crippen LogP contribution in [0.4, 0.5) is 0 Å². The molecule has 1 aliphatic heterocycles. The molecule has 0 bridgehead atoms. The molecular formula is C18H14BrClN2OS. The first-order valence-corrected chi connectivity index (χ1v) is 8.87. The summed E-state index contributed by atoms with van der Waals surface area (Å²) in [6.45, 7) is 1.86. The van der Waals surface area contributed by atoms with E-state index in [0.717, 1.165) is 15.7 Å². The summed E-state index contributed by atoms with van der Waals surface area (Å²) in [5.41, 5.74) is 2.96. The topological polar surface area (TPSA) is 41.1 Å². The van der Waals surface area contributed by atoms with Crippen LogP contribution in [-0.2, 0) is 0 Å². The van der Waals surface area contributed by atoms with E-state index in [1.165, 1.54) is 0 Å². The van der Waals surface area contributed by atoms with Crippen LogP contribution in [0.5, 0.6) is 0 Å². The maximum absolute atomic E-state index is 13.0. The number of thiocarbonyl (C=S) groups is 1. The maximum Gasteiger partial charge on any atom is 0.193 e. The van der Waals surface area contributed by atoms with E-state index < -0.39 is 0 Å². The van der Waals surface area contributed by atoms with Crippen LogP contribution in [0.2, 0.25) is 5.02 Å². The largest absolute Gasteiger partial charge is 0.351 e. The van der Waals surface area contributed by atoms with Gasteiger partial charge in [0.1, 0.15) is 0 Å². The van der Waals surface area contributed by atoms with Gasteiger partial charge in [0.05, 0.1) is 6.04 Å². The normalized spacial score (nSPS) is 17.3. The van der Waals surface area contributed by atoms with Crippen molar-refractivity contribution in [3.8, 4) is 0 Å². The second-order valence-corrected chi connectivity index (χ2v) is 7.22. The molecule has 0 fully saturated rings. The van der Waals surface area contributed by atoms with Crippen LogP contribution in [0.25, 0.3) is 0 Å². The highest BCUT2D eigenvalue weighted by molar-refractivity contribution is 9.10. The SMILES string of the molecule is CC1=C(C(=O)c2ccc(Cl)cc2)C(c2ccc(Br)cc2)NC(=S)N1.